The van der Waals surface area contributed by atoms with Crippen LogP contribution in [-0.2, 0) is 11.3 Å². The molecule has 166 valence electrons. The maximum absolute atomic E-state index is 13.0. The van der Waals surface area contributed by atoms with Gasteiger partial charge in [-0.3, -0.25) is 9.69 Å². The van der Waals surface area contributed by atoms with Crippen molar-refractivity contribution < 1.29 is 14.3 Å². The van der Waals surface area contributed by atoms with Crippen molar-refractivity contribution in [3.05, 3.63) is 53.6 Å². The number of hydrogen-bond donors (Lipinski definition) is 3. The van der Waals surface area contributed by atoms with E-state index in [-0.39, 0.29) is 23.9 Å². The molecule has 2 fully saturated rings. The number of likely N-dealkylation sites (tertiary alicyclic amines) is 1. The van der Waals surface area contributed by atoms with E-state index in [9.17, 15) is 4.79 Å². The third-order valence-corrected chi connectivity index (χ3v) is 6.30. The lowest BCUT2D eigenvalue weighted by atomic mass is 9.90. The highest BCUT2D eigenvalue weighted by atomic mass is 16.5. The molecule has 0 radical (unpaired) electrons. The van der Waals surface area contributed by atoms with Gasteiger partial charge in [0, 0.05) is 29.8 Å². The van der Waals surface area contributed by atoms with Crippen LogP contribution < -0.4 is 25.6 Å². The summed E-state index contributed by atoms with van der Waals surface area (Å²) in [7, 11) is 3.28. The van der Waals surface area contributed by atoms with Gasteiger partial charge in [0.2, 0.25) is 5.91 Å². The fraction of sp³-hybridized carbons (Fsp3) is 0.458. The molecule has 2 heterocycles. The molecule has 31 heavy (non-hydrogen) atoms. The molecule has 2 aliphatic rings. The van der Waals surface area contributed by atoms with E-state index in [0.717, 1.165) is 42.4 Å². The molecule has 2 aliphatic heterocycles. The number of anilines is 1. The van der Waals surface area contributed by atoms with Crippen molar-refractivity contribution in [1.29, 1.82) is 0 Å². The lowest BCUT2D eigenvalue weighted by Gasteiger charge is -2.21. The zero-order valence-electron chi connectivity index (χ0n) is 18.5. The summed E-state index contributed by atoms with van der Waals surface area (Å²) < 4.78 is 10.9. The van der Waals surface area contributed by atoms with Crippen molar-refractivity contribution in [2.24, 2.45) is 5.92 Å². The number of rotatable bonds is 7. The number of ether oxygens (including phenoxy) is 2. The molecule has 7 heteroatoms. The zero-order chi connectivity index (χ0) is 21.8. The average molecular weight is 425 g/mol. The monoisotopic (exact) mass is 424 g/mol. The first kappa shape index (κ1) is 21.6. The molecule has 3 unspecified atom stereocenters. The number of nitrogens with one attached hydrogen (secondary N) is 3. The van der Waals surface area contributed by atoms with Crippen molar-refractivity contribution >= 4 is 11.6 Å². The standard InChI is InChI=1S/C24H32N4O3/c1-16-22(20-10-9-19(30-2)14-21(20)31-3)26-27-23(16)24(29)25-18-8-6-7-17(13-18)15-28-11-4-5-12-28/h6-10,13-14,16,22-23,26-27H,4-5,11-12,15H2,1-3H3,(H,25,29). The fourth-order valence-corrected chi connectivity index (χ4v) is 4.54. The predicted molar refractivity (Wildman–Crippen MR) is 121 cm³/mol. The third-order valence-electron chi connectivity index (χ3n) is 6.30. The molecule has 7 nitrogen and oxygen atoms in total. The van der Waals surface area contributed by atoms with Crippen LogP contribution in [-0.4, -0.2) is 44.2 Å². The number of hydrogen-bond acceptors (Lipinski definition) is 6. The number of carbonyl (C=O) groups is 1. The maximum atomic E-state index is 13.0. The maximum Gasteiger partial charge on any atom is 0.243 e. The summed E-state index contributed by atoms with van der Waals surface area (Å²) in [6.07, 6.45) is 2.55. The molecule has 0 saturated carbocycles. The Labute approximate surface area is 184 Å². The van der Waals surface area contributed by atoms with Crippen LogP contribution >= 0.6 is 0 Å². The molecule has 2 aromatic carbocycles. The first-order valence-electron chi connectivity index (χ1n) is 10.9. The molecule has 0 aromatic heterocycles. The Bertz CT molecular complexity index is 913. The van der Waals surface area contributed by atoms with Crippen LogP contribution in [0.5, 0.6) is 11.5 Å². The van der Waals surface area contributed by atoms with Gasteiger partial charge in [0.05, 0.1) is 20.3 Å². The summed E-state index contributed by atoms with van der Waals surface area (Å²) in [5.74, 6) is 1.45. The van der Waals surface area contributed by atoms with Gasteiger partial charge in [0.25, 0.3) is 0 Å². The van der Waals surface area contributed by atoms with Gasteiger partial charge in [0.15, 0.2) is 0 Å². The van der Waals surface area contributed by atoms with Crippen LogP contribution in [0.4, 0.5) is 5.69 Å². The largest absolute Gasteiger partial charge is 0.497 e. The van der Waals surface area contributed by atoms with E-state index < -0.39 is 0 Å². The smallest absolute Gasteiger partial charge is 0.243 e. The fourth-order valence-electron chi connectivity index (χ4n) is 4.54. The van der Waals surface area contributed by atoms with Gasteiger partial charge in [-0.1, -0.05) is 25.1 Å². The van der Waals surface area contributed by atoms with Crippen LogP contribution in [0.1, 0.15) is 36.9 Å². The normalized spacial score (nSPS) is 23.6. The summed E-state index contributed by atoms with van der Waals surface area (Å²) >= 11 is 0. The molecule has 0 aliphatic carbocycles. The van der Waals surface area contributed by atoms with E-state index in [1.54, 1.807) is 14.2 Å². The average Bonchev–Trinajstić information content (AvgIpc) is 3.43. The van der Waals surface area contributed by atoms with Crippen LogP contribution in [0.15, 0.2) is 42.5 Å². The second-order valence-electron chi connectivity index (χ2n) is 8.38. The summed E-state index contributed by atoms with van der Waals surface area (Å²) in [6, 6.07) is 13.5. The number of methoxy groups -OCH3 is 2. The van der Waals surface area contributed by atoms with Crippen molar-refractivity contribution in [2.75, 3.05) is 32.6 Å². The van der Waals surface area contributed by atoms with E-state index in [1.165, 1.54) is 18.4 Å². The zero-order valence-corrected chi connectivity index (χ0v) is 18.5. The topological polar surface area (TPSA) is 74.9 Å². The highest BCUT2D eigenvalue weighted by molar-refractivity contribution is 5.95. The highest BCUT2D eigenvalue weighted by Crippen LogP contribution is 2.36. The second kappa shape index (κ2) is 9.68. The number of benzene rings is 2. The van der Waals surface area contributed by atoms with Crippen LogP contribution in [0, 0.1) is 5.92 Å². The second-order valence-corrected chi connectivity index (χ2v) is 8.38. The third kappa shape index (κ3) is 4.84. The Morgan fingerprint density at radius 3 is 2.65 bits per heavy atom. The van der Waals surface area contributed by atoms with Crippen LogP contribution in [0.3, 0.4) is 0 Å². The number of amides is 1. The van der Waals surface area contributed by atoms with Gasteiger partial charge in [-0.25, -0.2) is 10.9 Å². The number of hydrazine groups is 1. The van der Waals surface area contributed by atoms with Crippen molar-refractivity contribution in [3.8, 4) is 11.5 Å². The molecule has 3 atom stereocenters. The lowest BCUT2D eigenvalue weighted by molar-refractivity contribution is -0.118. The van der Waals surface area contributed by atoms with Crippen LogP contribution in [0.25, 0.3) is 0 Å². The minimum Gasteiger partial charge on any atom is -0.497 e. The Morgan fingerprint density at radius 2 is 1.90 bits per heavy atom. The van der Waals surface area contributed by atoms with E-state index in [2.05, 4.69) is 40.1 Å². The summed E-state index contributed by atoms with van der Waals surface area (Å²) in [4.78, 5) is 15.5. The van der Waals surface area contributed by atoms with Gasteiger partial charge < -0.3 is 14.8 Å². The van der Waals surface area contributed by atoms with E-state index in [1.807, 2.05) is 30.3 Å². The predicted octanol–water partition coefficient (Wildman–Crippen LogP) is 3.09. The number of nitrogens with zero attached hydrogens (tertiary/aromatic N) is 1. The van der Waals surface area contributed by atoms with Gasteiger partial charge >= 0.3 is 0 Å². The van der Waals surface area contributed by atoms with Crippen molar-refractivity contribution in [2.45, 2.75) is 38.4 Å². The van der Waals surface area contributed by atoms with Gasteiger partial charge in [-0.05, 0) is 49.7 Å². The Kier molecular flexibility index (Phi) is 6.75. The lowest BCUT2D eigenvalue weighted by Crippen LogP contribution is -2.41. The summed E-state index contributed by atoms with van der Waals surface area (Å²) in [5, 5.41) is 3.09. The first-order valence-corrected chi connectivity index (χ1v) is 10.9. The molecular formula is C24H32N4O3. The first-order chi connectivity index (χ1) is 15.1. The van der Waals surface area contributed by atoms with Gasteiger partial charge in [0.1, 0.15) is 17.5 Å². The summed E-state index contributed by atoms with van der Waals surface area (Å²) in [5.41, 5.74) is 9.50. The molecule has 2 saturated heterocycles. The Balaban J connectivity index is 1.42. The van der Waals surface area contributed by atoms with Crippen molar-refractivity contribution in [3.63, 3.8) is 0 Å². The van der Waals surface area contributed by atoms with Gasteiger partial charge in [-0.2, -0.15) is 0 Å². The SMILES string of the molecule is COc1ccc(C2NNC(C(=O)Nc3cccc(CN4CCCC4)c3)C2C)c(OC)c1. The minimum atomic E-state index is -0.362. The number of carbonyl (C=O) groups excluding carboxylic acids is 1. The Hall–Kier alpha value is -2.61. The molecule has 0 bridgehead atoms. The van der Waals surface area contributed by atoms with Gasteiger partial charge in [-0.15, -0.1) is 0 Å². The summed E-state index contributed by atoms with van der Waals surface area (Å²) in [6.45, 7) is 5.31. The molecule has 3 N–H and O–H groups in total. The molecular weight excluding hydrogens is 392 g/mol. The van der Waals surface area contributed by atoms with E-state index >= 15 is 0 Å². The highest BCUT2D eigenvalue weighted by Gasteiger charge is 2.39. The van der Waals surface area contributed by atoms with E-state index in [4.69, 9.17) is 9.47 Å². The quantitative estimate of drug-likeness (QED) is 0.634. The molecule has 0 spiro atoms. The molecule has 4 rings (SSSR count). The van der Waals surface area contributed by atoms with Crippen molar-refractivity contribution in [1.82, 2.24) is 15.8 Å². The van der Waals surface area contributed by atoms with E-state index in [0.29, 0.717) is 0 Å². The molecule has 1 amide bonds. The minimum absolute atomic E-state index is 0.0232. The molecule has 2 aromatic rings. The Morgan fingerprint density at radius 1 is 1.10 bits per heavy atom. The van der Waals surface area contributed by atoms with Crippen LogP contribution in [0.2, 0.25) is 0 Å².